The molecule has 0 N–H and O–H groups in total. The van der Waals surface area contributed by atoms with Crippen molar-refractivity contribution >= 4 is 61.0 Å². The topological polar surface area (TPSA) is 25.8 Å². The Kier molecular flexibility index (Phi) is 2.71. The predicted molar refractivity (Wildman–Crippen MR) is 65.0 cm³/mol. The molecule has 2 rings (SSSR count). The summed E-state index contributed by atoms with van der Waals surface area (Å²) < 4.78 is 1.62. The highest BCUT2D eigenvalue weighted by Gasteiger charge is 2.08. The van der Waals surface area contributed by atoms with Crippen molar-refractivity contribution in [1.29, 1.82) is 0 Å². The monoisotopic (exact) mass is 368 g/mol. The van der Waals surface area contributed by atoms with Crippen molar-refractivity contribution in [3.05, 3.63) is 31.7 Å². The minimum atomic E-state index is 0.454. The fraction of sp³-hybridized carbons (Fsp3) is 0. The van der Waals surface area contributed by atoms with E-state index >= 15 is 0 Å². The smallest absolute Gasteiger partial charge is 0.146 e. The van der Waals surface area contributed by atoms with Crippen LogP contribution < -0.4 is 0 Å². The highest BCUT2D eigenvalue weighted by Crippen LogP contribution is 2.30. The molecule has 13 heavy (non-hydrogen) atoms. The lowest BCUT2D eigenvalue weighted by Gasteiger charge is -2.02. The second-order valence-electron chi connectivity index (χ2n) is 2.41. The van der Waals surface area contributed by atoms with Gasteiger partial charge >= 0.3 is 0 Å². The third-order valence-electron chi connectivity index (χ3n) is 1.62. The molecule has 0 aliphatic heterocycles. The summed E-state index contributed by atoms with van der Waals surface area (Å²) in [4.78, 5) is 8.39. The maximum Gasteiger partial charge on any atom is 0.146 e. The lowest BCUT2D eigenvalue weighted by Crippen LogP contribution is -1.89. The molecule has 2 aromatic rings. The SMILES string of the molecule is Clc1nc(I)c2cccnc2c1Br. The average Bonchev–Trinajstić information content (AvgIpc) is 2.15. The number of hydrogen-bond acceptors (Lipinski definition) is 2. The van der Waals surface area contributed by atoms with E-state index in [1.165, 1.54) is 0 Å². The fourth-order valence-corrected chi connectivity index (χ4v) is 2.44. The molecule has 2 aromatic heterocycles. The molecule has 0 saturated carbocycles. The van der Waals surface area contributed by atoms with Crippen molar-refractivity contribution in [2.75, 3.05) is 0 Å². The summed E-state index contributed by atoms with van der Waals surface area (Å²) in [6.07, 6.45) is 1.74. The average molecular weight is 369 g/mol. The maximum atomic E-state index is 5.89. The van der Waals surface area contributed by atoms with Crippen LogP contribution in [0.15, 0.2) is 22.8 Å². The van der Waals surface area contributed by atoms with Crippen LogP contribution in [0.25, 0.3) is 10.9 Å². The highest BCUT2D eigenvalue weighted by molar-refractivity contribution is 14.1. The molecule has 0 fully saturated rings. The van der Waals surface area contributed by atoms with Gasteiger partial charge in [-0.3, -0.25) is 4.98 Å². The van der Waals surface area contributed by atoms with Gasteiger partial charge in [0.1, 0.15) is 8.85 Å². The van der Waals surface area contributed by atoms with Crippen molar-refractivity contribution in [1.82, 2.24) is 9.97 Å². The van der Waals surface area contributed by atoms with E-state index in [1.807, 2.05) is 12.1 Å². The van der Waals surface area contributed by atoms with Crippen LogP contribution in [0, 0.1) is 3.70 Å². The first-order valence-electron chi connectivity index (χ1n) is 3.45. The Hall–Kier alpha value is 0.0600. The Labute approximate surface area is 102 Å². The number of aromatic nitrogens is 2. The van der Waals surface area contributed by atoms with Gasteiger partial charge in [0.05, 0.1) is 9.99 Å². The third kappa shape index (κ3) is 1.67. The zero-order chi connectivity index (χ0) is 9.42. The van der Waals surface area contributed by atoms with E-state index in [1.54, 1.807) is 6.20 Å². The fourth-order valence-electron chi connectivity index (χ4n) is 1.04. The Balaban J connectivity index is 2.97. The molecule has 0 amide bonds. The molecule has 66 valence electrons. The van der Waals surface area contributed by atoms with E-state index in [9.17, 15) is 0 Å². The number of nitrogens with zero attached hydrogens (tertiary/aromatic N) is 2. The Bertz CT molecular complexity index is 475. The zero-order valence-corrected chi connectivity index (χ0v) is 10.8. The van der Waals surface area contributed by atoms with Gasteiger partial charge in [0.25, 0.3) is 0 Å². The van der Waals surface area contributed by atoms with Gasteiger partial charge in [-0.05, 0) is 50.7 Å². The summed E-state index contributed by atoms with van der Waals surface area (Å²) >= 11 is 11.4. The maximum absolute atomic E-state index is 5.89. The van der Waals surface area contributed by atoms with E-state index in [2.05, 4.69) is 48.5 Å². The molecule has 0 aliphatic carbocycles. The van der Waals surface area contributed by atoms with Crippen molar-refractivity contribution in [3.63, 3.8) is 0 Å². The lowest BCUT2D eigenvalue weighted by atomic mass is 10.3. The van der Waals surface area contributed by atoms with Crippen LogP contribution in [-0.2, 0) is 0 Å². The molecular formula is C8H3BrClIN2. The van der Waals surface area contributed by atoms with Crippen LogP contribution in [0.3, 0.4) is 0 Å². The second-order valence-corrected chi connectivity index (χ2v) is 4.58. The third-order valence-corrected chi connectivity index (χ3v) is 3.69. The minimum Gasteiger partial charge on any atom is -0.255 e. The molecule has 0 unspecified atom stereocenters. The van der Waals surface area contributed by atoms with Crippen LogP contribution in [0.2, 0.25) is 5.15 Å². The molecule has 0 bridgehead atoms. The van der Waals surface area contributed by atoms with Crippen molar-refractivity contribution in [3.8, 4) is 0 Å². The largest absolute Gasteiger partial charge is 0.255 e. The van der Waals surface area contributed by atoms with Crippen molar-refractivity contribution in [2.24, 2.45) is 0 Å². The van der Waals surface area contributed by atoms with E-state index in [-0.39, 0.29) is 0 Å². The summed E-state index contributed by atoms with van der Waals surface area (Å²) in [5, 5.41) is 1.47. The number of pyridine rings is 2. The molecule has 0 spiro atoms. The van der Waals surface area contributed by atoms with Crippen LogP contribution in [0.5, 0.6) is 0 Å². The van der Waals surface area contributed by atoms with Gasteiger partial charge in [0.2, 0.25) is 0 Å². The normalized spacial score (nSPS) is 10.7. The molecule has 0 aromatic carbocycles. The molecule has 0 radical (unpaired) electrons. The quantitative estimate of drug-likeness (QED) is 0.523. The van der Waals surface area contributed by atoms with Gasteiger partial charge in [-0.15, -0.1) is 0 Å². The van der Waals surface area contributed by atoms with Crippen molar-refractivity contribution in [2.45, 2.75) is 0 Å². The summed E-state index contributed by atoms with van der Waals surface area (Å²) in [6, 6.07) is 3.85. The summed E-state index contributed by atoms with van der Waals surface area (Å²) in [5.74, 6) is 0. The lowest BCUT2D eigenvalue weighted by molar-refractivity contribution is 1.27. The Morgan fingerprint density at radius 3 is 3.00 bits per heavy atom. The number of hydrogen-bond donors (Lipinski definition) is 0. The Morgan fingerprint density at radius 1 is 1.46 bits per heavy atom. The molecule has 2 heterocycles. The molecule has 5 heteroatoms. The Morgan fingerprint density at radius 2 is 2.23 bits per heavy atom. The van der Waals surface area contributed by atoms with Gasteiger partial charge in [0.15, 0.2) is 0 Å². The first kappa shape index (κ1) is 9.61. The first-order valence-corrected chi connectivity index (χ1v) is 5.70. The van der Waals surface area contributed by atoms with Gasteiger partial charge in [-0.25, -0.2) is 4.98 Å². The van der Waals surface area contributed by atoms with Crippen LogP contribution in [-0.4, -0.2) is 9.97 Å². The number of halogens is 3. The first-order chi connectivity index (χ1) is 6.20. The predicted octanol–water partition coefficient (Wildman–Crippen LogP) is 3.65. The second kappa shape index (κ2) is 3.67. The summed E-state index contributed by atoms with van der Waals surface area (Å²) in [5.41, 5.74) is 0.854. The van der Waals surface area contributed by atoms with Gasteiger partial charge < -0.3 is 0 Å². The van der Waals surface area contributed by atoms with Gasteiger partial charge in [-0.1, -0.05) is 11.6 Å². The van der Waals surface area contributed by atoms with Gasteiger partial charge in [-0.2, -0.15) is 0 Å². The summed E-state index contributed by atoms with van der Waals surface area (Å²) in [7, 11) is 0. The van der Waals surface area contributed by atoms with E-state index in [4.69, 9.17) is 11.6 Å². The molecule has 2 nitrogen and oxygen atoms in total. The molecular weight excluding hydrogens is 366 g/mol. The number of rotatable bonds is 0. The van der Waals surface area contributed by atoms with E-state index in [0.717, 1.165) is 19.1 Å². The standard InChI is InChI=1S/C8H3BrClIN2/c9-5-6-4(2-1-3-12-6)8(11)13-7(5)10/h1-3H. The molecule has 0 atom stereocenters. The van der Waals surface area contributed by atoms with Crippen LogP contribution >= 0.6 is 50.1 Å². The highest BCUT2D eigenvalue weighted by atomic mass is 127. The van der Waals surface area contributed by atoms with Crippen LogP contribution in [0.1, 0.15) is 0 Å². The van der Waals surface area contributed by atoms with E-state index in [0.29, 0.717) is 5.15 Å². The summed E-state index contributed by atoms with van der Waals surface area (Å²) in [6.45, 7) is 0. The van der Waals surface area contributed by atoms with Crippen molar-refractivity contribution < 1.29 is 0 Å². The number of fused-ring (bicyclic) bond motifs is 1. The van der Waals surface area contributed by atoms with Gasteiger partial charge in [0, 0.05) is 11.6 Å². The molecule has 0 aliphatic rings. The minimum absolute atomic E-state index is 0.454. The van der Waals surface area contributed by atoms with E-state index < -0.39 is 0 Å². The zero-order valence-electron chi connectivity index (χ0n) is 6.26. The molecule has 0 saturated heterocycles. The van der Waals surface area contributed by atoms with Crippen LogP contribution in [0.4, 0.5) is 0 Å².